The minimum atomic E-state index is -0.185. The number of carbonyl (C=O) groups is 1. The number of nitrogens with one attached hydrogen (secondary N) is 1. The molecular weight excluding hydrogens is 474 g/mol. The predicted molar refractivity (Wildman–Crippen MR) is 137 cm³/mol. The van der Waals surface area contributed by atoms with Gasteiger partial charge in [0.25, 0.3) is 5.91 Å². The molecule has 0 fully saturated rings. The largest absolute Gasteiger partial charge is 0.445 e. The molecule has 0 spiro atoms. The lowest BCUT2D eigenvalue weighted by molar-refractivity contribution is 0.0950. The van der Waals surface area contributed by atoms with Crippen molar-refractivity contribution in [2.75, 3.05) is 0 Å². The summed E-state index contributed by atoms with van der Waals surface area (Å²) in [7, 11) is 0. The van der Waals surface area contributed by atoms with Crippen LogP contribution >= 0.6 is 11.6 Å². The molecule has 0 aliphatic heterocycles. The van der Waals surface area contributed by atoms with Crippen molar-refractivity contribution in [3.63, 3.8) is 0 Å². The monoisotopic (exact) mass is 501 g/mol. The lowest BCUT2D eigenvalue weighted by Crippen LogP contribution is -2.31. The summed E-state index contributed by atoms with van der Waals surface area (Å²) in [5.74, 6) is 1.32. The third-order valence-corrected chi connectivity index (χ3v) is 6.64. The van der Waals surface area contributed by atoms with Gasteiger partial charge in [-0.2, -0.15) is 0 Å². The molecule has 3 heterocycles. The van der Waals surface area contributed by atoms with E-state index < -0.39 is 0 Å². The number of fused-ring (bicyclic) bond motifs is 1. The number of oxazole rings is 1. The Balaban J connectivity index is 1.34. The molecule has 7 nitrogen and oxygen atoms in total. The van der Waals surface area contributed by atoms with Crippen molar-refractivity contribution in [1.82, 2.24) is 25.2 Å². The zero-order valence-corrected chi connectivity index (χ0v) is 20.9. The van der Waals surface area contributed by atoms with Crippen molar-refractivity contribution in [2.24, 2.45) is 0 Å². The number of hydrogen-bond donors (Lipinski definition) is 1. The normalized spacial score (nSPS) is 15.0. The highest BCUT2D eigenvalue weighted by Crippen LogP contribution is 2.34. The van der Waals surface area contributed by atoms with Crippen LogP contribution in [0, 0.1) is 6.92 Å². The molecule has 8 heteroatoms. The molecule has 1 aliphatic carbocycles. The number of benzene rings is 1. The first-order valence-corrected chi connectivity index (χ1v) is 12.5. The molecule has 1 aromatic carbocycles. The van der Waals surface area contributed by atoms with Crippen molar-refractivity contribution in [3.05, 3.63) is 112 Å². The summed E-state index contributed by atoms with van der Waals surface area (Å²) in [4.78, 5) is 28.1. The summed E-state index contributed by atoms with van der Waals surface area (Å²) >= 11 is 5.92. The summed E-state index contributed by atoms with van der Waals surface area (Å²) in [6.45, 7) is 3.64. The molecule has 1 aliphatic rings. The maximum atomic E-state index is 12.5. The van der Waals surface area contributed by atoms with Gasteiger partial charge in [-0.25, -0.2) is 9.97 Å². The first-order valence-electron chi connectivity index (χ1n) is 12.1. The van der Waals surface area contributed by atoms with Crippen LogP contribution in [0.5, 0.6) is 0 Å². The number of halogens is 1. The van der Waals surface area contributed by atoms with Crippen LogP contribution in [0.25, 0.3) is 0 Å². The number of aryl methyl sites for hydroxylation is 2. The number of carbonyl (C=O) groups excluding carboxylic acids is 1. The van der Waals surface area contributed by atoms with E-state index in [1.165, 1.54) is 11.8 Å². The van der Waals surface area contributed by atoms with Gasteiger partial charge in [-0.3, -0.25) is 14.7 Å². The van der Waals surface area contributed by atoms with Crippen molar-refractivity contribution in [1.29, 1.82) is 0 Å². The Bertz CT molecular complexity index is 1360. The third-order valence-electron chi connectivity index (χ3n) is 6.43. The van der Waals surface area contributed by atoms with Crippen LogP contribution in [0.1, 0.15) is 63.3 Å². The Kier molecular flexibility index (Phi) is 7.39. The van der Waals surface area contributed by atoms with Crippen LogP contribution < -0.4 is 5.32 Å². The first-order chi connectivity index (χ1) is 17.5. The molecular formula is C28H28ClN5O2. The minimum Gasteiger partial charge on any atom is -0.445 e. The van der Waals surface area contributed by atoms with Gasteiger partial charge in [0, 0.05) is 31.0 Å². The number of amides is 1. The van der Waals surface area contributed by atoms with E-state index in [9.17, 15) is 4.79 Å². The van der Waals surface area contributed by atoms with Crippen molar-refractivity contribution in [3.8, 4) is 0 Å². The Morgan fingerprint density at radius 2 is 1.97 bits per heavy atom. The van der Waals surface area contributed by atoms with Crippen molar-refractivity contribution in [2.45, 2.75) is 51.9 Å². The predicted octanol–water partition coefficient (Wildman–Crippen LogP) is 5.44. The van der Waals surface area contributed by atoms with Gasteiger partial charge < -0.3 is 9.73 Å². The van der Waals surface area contributed by atoms with Crippen LogP contribution in [0.15, 0.2) is 71.5 Å². The molecule has 36 heavy (non-hydrogen) atoms. The van der Waals surface area contributed by atoms with Gasteiger partial charge in [0.2, 0.25) is 5.89 Å². The number of nitrogens with zero attached hydrogens (tertiary/aromatic N) is 4. The highest BCUT2D eigenvalue weighted by atomic mass is 35.5. The van der Waals surface area contributed by atoms with Gasteiger partial charge in [-0.1, -0.05) is 41.9 Å². The highest BCUT2D eigenvalue weighted by molar-refractivity contribution is 6.29. The second-order valence-corrected chi connectivity index (χ2v) is 9.48. The van der Waals surface area contributed by atoms with E-state index in [1.807, 2.05) is 31.3 Å². The molecule has 184 valence electrons. The Labute approximate surface area is 215 Å². The molecule has 4 aromatic rings. The van der Waals surface area contributed by atoms with Crippen molar-refractivity contribution < 1.29 is 9.21 Å². The standard InChI is InChI=1S/C28H28ClN5O2/c1-19-15-32-26(36-19)18-34(24-9-3-7-22-8-4-11-31-27(22)24)17-21-6-2-5-20(13-21)16-33-28(35)23-10-12-30-25(29)14-23/h2,4-6,8,10-15,24H,3,7,9,16-18H2,1H3,(H,33,35). The molecule has 0 saturated heterocycles. The molecule has 1 unspecified atom stereocenters. The highest BCUT2D eigenvalue weighted by Gasteiger charge is 2.28. The fourth-order valence-electron chi connectivity index (χ4n) is 4.77. The zero-order valence-electron chi connectivity index (χ0n) is 20.2. The van der Waals surface area contributed by atoms with E-state index in [2.05, 4.69) is 38.4 Å². The average molecular weight is 502 g/mol. The fourth-order valence-corrected chi connectivity index (χ4v) is 4.94. The fraction of sp³-hybridized carbons (Fsp3) is 0.286. The number of pyridine rings is 2. The van der Waals surface area contributed by atoms with Crippen LogP contribution in [-0.2, 0) is 26.1 Å². The first kappa shape index (κ1) is 24.2. The van der Waals surface area contributed by atoms with Crippen LogP contribution in [0.2, 0.25) is 5.15 Å². The van der Waals surface area contributed by atoms with E-state index >= 15 is 0 Å². The molecule has 1 N–H and O–H groups in total. The second-order valence-electron chi connectivity index (χ2n) is 9.10. The van der Waals surface area contributed by atoms with E-state index in [0.717, 1.165) is 41.8 Å². The summed E-state index contributed by atoms with van der Waals surface area (Å²) in [5.41, 5.74) is 5.12. The maximum Gasteiger partial charge on any atom is 0.251 e. The molecule has 0 bridgehead atoms. The van der Waals surface area contributed by atoms with Gasteiger partial charge in [0.1, 0.15) is 10.9 Å². The summed E-state index contributed by atoms with van der Waals surface area (Å²) in [6.07, 6.45) is 8.39. The van der Waals surface area contributed by atoms with Gasteiger partial charge in [-0.15, -0.1) is 0 Å². The Morgan fingerprint density at radius 3 is 2.81 bits per heavy atom. The smallest absolute Gasteiger partial charge is 0.251 e. The molecule has 5 rings (SSSR count). The topological polar surface area (TPSA) is 84.2 Å². The number of aromatic nitrogens is 3. The number of rotatable bonds is 8. The van der Waals surface area contributed by atoms with Gasteiger partial charge in [0.15, 0.2) is 0 Å². The maximum absolute atomic E-state index is 12.5. The van der Waals surface area contributed by atoms with Gasteiger partial charge >= 0.3 is 0 Å². The van der Waals surface area contributed by atoms with Gasteiger partial charge in [0.05, 0.1) is 24.5 Å². The third kappa shape index (κ3) is 5.80. The van der Waals surface area contributed by atoms with Crippen LogP contribution in [0.4, 0.5) is 0 Å². The number of hydrogen-bond acceptors (Lipinski definition) is 6. The van der Waals surface area contributed by atoms with E-state index in [4.69, 9.17) is 21.0 Å². The summed E-state index contributed by atoms with van der Waals surface area (Å²) < 4.78 is 5.84. The van der Waals surface area contributed by atoms with E-state index in [1.54, 1.807) is 18.3 Å². The Morgan fingerprint density at radius 1 is 1.08 bits per heavy atom. The molecule has 0 saturated carbocycles. The average Bonchev–Trinajstić information content (AvgIpc) is 3.31. The summed E-state index contributed by atoms with van der Waals surface area (Å²) in [5, 5.41) is 3.26. The van der Waals surface area contributed by atoms with Crippen LogP contribution in [-0.4, -0.2) is 25.8 Å². The zero-order chi connectivity index (χ0) is 24.9. The van der Waals surface area contributed by atoms with E-state index in [0.29, 0.717) is 36.2 Å². The van der Waals surface area contributed by atoms with Crippen molar-refractivity contribution >= 4 is 17.5 Å². The quantitative estimate of drug-likeness (QED) is 0.324. The molecule has 0 radical (unpaired) electrons. The lowest BCUT2D eigenvalue weighted by Gasteiger charge is -2.34. The second kappa shape index (κ2) is 11.0. The SMILES string of the molecule is Cc1cnc(CN(Cc2cccc(CNC(=O)c3ccnc(Cl)c3)c2)C2CCCc3cccnc32)o1. The minimum absolute atomic E-state index is 0.182. The molecule has 3 aromatic heterocycles. The van der Waals surface area contributed by atoms with Crippen LogP contribution in [0.3, 0.4) is 0 Å². The van der Waals surface area contributed by atoms with E-state index in [-0.39, 0.29) is 11.9 Å². The molecule has 1 atom stereocenters. The van der Waals surface area contributed by atoms with Gasteiger partial charge in [-0.05, 0) is 61.1 Å². The Hall–Kier alpha value is -3.55. The molecule has 1 amide bonds. The summed E-state index contributed by atoms with van der Waals surface area (Å²) in [6, 6.07) is 15.9. The lowest BCUT2D eigenvalue weighted by atomic mass is 9.90.